The van der Waals surface area contributed by atoms with E-state index in [1.54, 1.807) is 40.0 Å². The molecule has 2 aromatic carbocycles. The van der Waals surface area contributed by atoms with Gasteiger partial charge in [-0.05, 0) is 68.7 Å². The summed E-state index contributed by atoms with van der Waals surface area (Å²) in [4.78, 5) is 26.7. The van der Waals surface area contributed by atoms with Crippen LogP contribution in [-0.2, 0) is 27.3 Å². The molecule has 0 unspecified atom stereocenters. The van der Waals surface area contributed by atoms with Gasteiger partial charge in [0, 0.05) is 16.6 Å². The van der Waals surface area contributed by atoms with Crippen LogP contribution in [0.3, 0.4) is 0 Å². The van der Waals surface area contributed by atoms with E-state index in [1.807, 2.05) is 24.3 Å². The molecule has 0 N–H and O–H groups in total. The summed E-state index contributed by atoms with van der Waals surface area (Å²) in [5, 5.41) is 0. The van der Waals surface area contributed by atoms with Crippen molar-refractivity contribution >= 4 is 28.0 Å². The maximum absolute atomic E-state index is 12.7. The summed E-state index contributed by atoms with van der Waals surface area (Å²) in [5.41, 5.74) is 1.88. The molecule has 7 nitrogen and oxygen atoms in total. The predicted octanol–water partition coefficient (Wildman–Crippen LogP) is 5.04. The van der Waals surface area contributed by atoms with E-state index in [2.05, 4.69) is 15.9 Å². The van der Waals surface area contributed by atoms with Crippen molar-refractivity contribution in [3.63, 3.8) is 0 Å². The number of ether oxygens (including phenoxy) is 4. The number of amides is 1. The highest BCUT2D eigenvalue weighted by Gasteiger charge is 2.39. The van der Waals surface area contributed by atoms with E-state index in [1.165, 1.54) is 12.0 Å². The van der Waals surface area contributed by atoms with Crippen molar-refractivity contribution in [3.8, 4) is 11.5 Å². The second-order valence-corrected chi connectivity index (χ2v) is 9.37. The SMILES string of the molecule is COC(=O)[C@H]1c2ccc(OCc3cc(Br)ccc3OC)cc2CCN1C(=O)OC(C)(C)C. The lowest BCUT2D eigenvalue weighted by Gasteiger charge is -2.36. The highest BCUT2D eigenvalue weighted by molar-refractivity contribution is 9.10. The van der Waals surface area contributed by atoms with Crippen LogP contribution in [0, 0.1) is 0 Å². The number of hydrogen-bond donors (Lipinski definition) is 0. The molecule has 0 spiro atoms. The van der Waals surface area contributed by atoms with E-state index < -0.39 is 23.7 Å². The number of nitrogens with zero attached hydrogens (tertiary/aromatic N) is 1. The van der Waals surface area contributed by atoms with Crippen LogP contribution >= 0.6 is 15.9 Å². The van der Waals surface area contributed by atoms with Crippen molar-refractivity contribution < 1.29 is 28.5 Å². The second-order valence-electron chi connectivity index (χ2n) is 8.45. The third kappa shape index (κ3) is 5.54. The van der Waals surface area contributed by atoms with E-state index in [0.29, 0.717) is 30.9 Å². The minimum absolute atomic E-state index is 0.325. The number of hydrogen-bond acceptors (Lipinski definition) is 6. The highest BCUT2D eigenvalue weighted by Crippen LogP contribution is 2.34. The maximum atomic E-state index is 12.7. The first kappa shape index (κ1) is 23.9. The zero-order valence-corrected chi connectivity index (χ0v) is 20.5. The lowest BCUT2D eigenvalue weighted by atomic mass is 9.92. The standard InChI is InChI=1S/C24H28BrNO6/c1-24(2,3)32-23(28)26-11-10-15-13-18(7-8-19(15)21(26)22(27)30-5)31-14-16-12-17(25)6-9-20(16)29-4/h6-9,12-13,21H,10-11,14H2,1-5H3/t21-/m1/s1. The van der Waals surface area contributed by atoms with Crippen molar-refractivity contribution in [2.24, 2.45) is 0 Å². The van der Waals surface area contributed by atoms with Gasteiger partial charge in [0.1, 0.15) is 23.7 Å². The fraction of sp³-hybridized carbons (Fsp3) is 0.417. The number of carbonyl (C=O) groups excluding carboxylic acids is 2. The minimum Gasteiger partial charge on any atom is -0.496 e. The molecule has 8 heteroatoms. The average molecular weight is 506 g/mol. The van der Waals surface area contributed by atoms with E-state index in [-0.39, 0.29) is 0 Å². The Labute approximate surface area is 196 Å². The van der Waals surface area contributed by atoms with Crippen molar-refractivity contribution in [1.82, 2.24) is 4.90 Å². The second kappa shape index (κ2) is 9.81. The third-order valence-electron chi connectivity index (χ3n) is 5.03. The largest absolute Gasteiger partial charge is 0.496 e. The first-order valence-corrected chi connectivity index (χ1v) is 11.1. The molecule has 3 rings (SSSR count). The van der Waals surface area contributed by atoms with E-state index in [0.717, 1.165) is 21.3 Å². The Hall–Kier alpha value is -2.74. The van der Waals surface area contributed by atoms with Gasteiger partial charge in [-0.15, -0.1) is 0 Å². The molecule has 172 valence electrons. The molecule has 32 heavy (non-hydrogen) atoms. The topological polar surface area (TPSA) is 74.3 Å². The summed E-state index contributed by atoms with van der Waals surface area (Å²) in [7, 11) is 2.93. The number of carbonyl (C=O) groups is 2. The van der Waals surface area contributed by atoms with Gasteiger partial charge >= 0.3 is 12.1 Å². The van der Waals surface area contributed by atoms with Crippen LogP contribution in [0.5, 0.6) is 11.5 Å². The van der Waals surface area contributed by atoms with Crippen molar-refractivity contribution in [1.29, 1.82) is 0 Å². The number of rotatable bonds is 5. The fourth-order valence-electron chi connectivity index (χ4n) is 3.60. The molecule has 0 aliphatic carbocycles. The third-order valence-corrected chi connectivity index (χ3v) is 5.53. The summed E-state index contributed by atoms with van der Waals surface area (Å²) >= 11 is 3.47. The van der Waals surface area contributed by atoms with E-state index >= 15 is 0 Å². The van der Waals surface area contributed by atoms with Crippen molar-refractivity contribution in [2.75, 3.05) is 20.8 Å². The van der Waals surface area contributed by atoms with Gasteiger partial charge < -0.3 is 18.9 Å². The summed E-state index contributed by atoms with van der Waals surface area (Å²) in [6.07, 6.45) is 0.0278. The van der Waals surface area contributed by atoms with Crippen LogP contribution in [0.15, 0.2) is 40.9 Å². The van der Waals surface area contributed by atoms with Crippen LogP contribution < -0.4 is 9.47 Å². The van der Waals surface area contributed by atoms with Gasteiger partial charge in [0.25, 0.3) is 0 Å². The molecule has 1 aliphatic heterocycles. The van der Waals surface area contributed by atoms with Gasteiger partial charge in [0.15, 0.2) is 6.04 Å². The Bertz CT molecular complexity index is 1000. The molecule has 1 heterocycles. The molecule has 2 aromatic rings. The molecule has 1 atom stereocenters. The van der Waals surface area contributed by atoms with Crippen LogP contribution in [-0.4, -0.2) is 43.3 Å². The summed E-state index contributed by atoms with van der Waals surface area (Å²) in [6, 6.07) is 10.4. The van der Waals surface area contributed by atoms with Gasteiger partial charge in [-0.25, -0.2) is 9.59 Å². The van der Waals surface area contributed by atoms with Crippen LogP contribution in [0.2, 0.25) is 0 Å². The van der Waals surface area contributed by atoms with Crippen LogP contribution in [0.25, 0.3) is 0 Å². The molecule has 0 saturated carbocycles. The normalized spacial score (nSPS) is 15.6. The number of esters is 1. The molecular formula is C24H28BrNO6. The Kier molecular flexibility index (Phi) is 7.33. The zero-order valence-electron chi connectivity index (χ0n) is 18.9. The number of benzene rings is 2. The molecule has 0 fully saturated rings. The number of fused-ring (bicyclic) bond motifs is 1. The van der Waals surface area contributed by atoms with Gasteiger partial charge in [-0.1, -0.05) is 22.0 Å². The minimum atomic E-state index is -0.863. The lowest BCUT2D eigenvalue weighted by molar-refractivity contribution is -0.147. The predicted molar refractivity (Wildman–Crippen MR) is 123 cm³/mol. The van der Waals surface area contributed by atoms with E-state index in [9.17, 15) is 9.59 Å². The quantitative estimate of drug-likeness (QED) is 0.529. The molecule has 1 amide bonds. The number of methoxy groups -OCH3 is 2. The summed E-state index contributed by atoms with van der Waals surface area (Å²) in [5.74, 6) is 0.898. The fourth-order valence-corrected chi connectivity index (χ4v) is 4.01. The first-order chi connectivity index (χ1) is 15.1. The average Bonchev–Trinajstić information content (AvgIpc) is 2.75. The smallest absolute Gasteiger partial charge is 0.411 e. The maximum Gasteiger partial charge on any atom is 0.411 e. The molecule has 0 aromatic heterocycles. The van der Waals surface area contributed by atoms with E-state index in [4.69, 9.17) is 18.9 Å². The van der Waals surface area contributed by atoms with Crippen molar-refractivity contribution in [3.05, 3.63) is 57.6 Å². The Morgan fingerprint density at radius 2 is 1.88 bits per heavy atom. The van der Waals surface area contributed by atoms with Crippen LogP contribution in [0.1, 0.15) is 43.5 Å². The molecular weight excluding hydrogens is 478 g/mol. The molecule has 1 aliphatic rings. The van der Waals surface area contributed by atoms with Gasteiger partial charge in [-0.3, -0.25) is 4.90 Å². The van der Waals surface area contributed by atoms with Gasteiger partial charge in [0.05, 0.1) is 14.2 Å². The zero-order chi connectivity index (χ0) is 23.5. The van der Waals surface area contributed by atoms with Gasteiger partial charge in [-0.2, -0.15) is 0 Å². The number of halogens is 1. The molecule has 0 bridgehead atoms. The van der Waals surface area contributed by atoms with Gasteiger partial charge in [0.2, 0.25) is 0 Å². The first-order valence-electron chi connectivity index (χ1n) is 10.3. The Morgan fingerprint density at radius 1 is 1.12 bits per heavy atom. The monoisotopic (exact) mass is 505 g/mol. The Balaban J connectivity index is 1.83. The molecule has 0 saturated heterocycles. The lowest BCUT2D eigenvalue weighted by Crippen LogP contribution is -2.46. The van der Waals surface area contributed by atoms with Crippen molar-refractivity contribution in [2.45, 2.75) is 45.4 Å². The van der Waals surface area contributed by atoms with Crippen LogP contribution in [0.4, 0.5) is 4.79 Å². The molecule has 0 radical (unpaired) electrons. The summed E-state index contributed by atoms with van der Waals surface area (Å²) < 4.78 is 22.8. The summed E-state index contributed by atoms with van der Waals surface area (Å²) in [6.45, 7) is 6.04. The Morgan fingerprint density at radius 3 is 2.53 bits per heavy atom. The highest BCUT2D eigenvalue weighted by atomic mass is 79.9.